The number of aryl methyl sites for hydroxylation is 3. The lowest BCUT2D eigenvalue weighted by atomic mass is 10.2. The van der Waals surface area contributed by atoms with Crippen molar-refractivity contribution in [2.45, 2.75) is 42.5 Å². The van der Waals surface area contributed by atoms with E-state index in [4.69, 9.17) is 0 Å². The summed E-state index contributed by atoms with van der Waals surface area (Å²) in [6, 6.07) is 12.6. The zero-order chi connectivity index (χ0) is 21.5. The summed E-state index contributed by atoms with van der Waals surface area (Å²) in [6.07, 6.45) is 1.48. The van der Waals surface area contributed by atoms with Crippen molar-refractivity contribution in [2.24, 2.45) is 0 Å². The van der Waals surface area contributed by atoms with E-state index in [0.29, 0.717) is 11.5 Å². The molecule has 154 valence electrons. The number of hydrogen-bond donors (Lipinski definition) is 1. The maximum absolute atomic E-state index is 12.8. The summed E-state index contributed by atoms with van der Waals surface area (Å²) in [7, 11) is -3.65. The highest BCUT2D eigenvalue weighted by Crippen LogP contribution is 2.32. The van der Waals surface area contributed by atoms with E-state index in [1.165, 1.54) is 18.1 Å². The van der Waals surface area contributed by atoms with E-state index in [2.05, 4.69) is 19.8 Å². The molecule has 1 N–H and O–H groups in total. The quantitative estimate of drug-likeness (QED) is 0.466. The third kappa shape index (κ3) is 3.90. The first-order chi connectivity index (χ1) is 14.2. The lowest BCUT2D eigenvalue weighted by Gasteiger charge is -2.12. The molecule has 2 heterocycles. The van der Waals surface area contributed by atoms with Gasteiger partial charge >= 0.3 is 0 Å². The Morgan fingerprint density at radius 1 is 1.00 bits per heavy atom. The number of nitrogens with zero attached hydrogens (tertiary/aromatic N) is 4. The standard InChI is InChI=1S/C21H21N5O2S2/c1-13-5-10-19(14(2)11-13)30(27,28)25-17-6-8-18(9-7-17)29-20-15(3)16(4)24-21-22-12-23-26(20)21/h5-12,25H,1-4H3. The molecule has 0 atom stereocenters. The van der Waals surface area contributed by atoms with Crippen molar-refractivity contribution in [3.8, 4) is 0 Å². The highest BCUT2D eigenvalue weighted by atomic mass is 32.2. The van der Waals surface area contributed by atoms with E-state index in [1.54, 1.807) is 35.7 Å². The zero-order valence-electron chi connectivity index (χ0n) is 17.0. The van der Waals surface area contributed by atoms with Gasteiger partial charge in [0.05, 0.1) is 4.90 Å². The topological polar surface area (TPSA) is 89.2 Å². The van der Waals surface area contributed by atoms with Crippen LogP contribution >= 0.6 is 11.8 Å². The SMILES string of the molecule is Cc1ccc(S(=O)(=O)Nc2ccc(Sc3c(C)c(C)nc4ncnn34)cc2)c(C)c1. The molecule has 0 saturated heterocycles. The second-order valence-corrected chi connectivity index (χ2v) is 9.81. The number of rotatable bonds is 5. The number of sulfonamides is 1. The molecule has 30 heavy (non-hydrogen) atoms. The maximum atomic E-state index is 12.8. The minimum atomic E-state index is -3.65. The van der Waals surface area contributed by atoms with Crippen molar-refractivity contribution in [3.05, 3.63) is 71.2 Å². The Morgan fingerprint density at radius 3 is 2.43 bits per heavy atom. The van der Waals surface area contributed by atoms with E-state index in [-0.39, 0.29) is 4.90 Å². The Labute approximate surface area is 179 Å². The molecular weight excluding hydrogens is 418 g/mol. The largest absolute Gasteiger partial charge is 0.280 e. The van der Waals surface area contributed by atoms with Gasteiger partial charge in [-0.1, -0.05) is 29.5 Å². The van der Waals surface area contributed by atoms with Crippen LogP contribution in [0.25, 0.3) is 5.78 Å². The van der Waals surface area contributed by atoms with Crippen LogP contribution in [0.2, 0.25) is 0 Å². The van der Waals surface area contributed by atoms with Crippen LogP contribution in [0.15, 0.2) is 63.6 Å². The Bertz CT molecular complexity index is 1350. The van der Waals surface area contributed by atoms with E-state index in [1.807, 2.05) is 39.0 Å². The second-order valence-electron chi connectivity index (χ2n) is 7.10. The van der Waals surface area contributed by atoms with Crippen molar-refractivity contribution in [2.75, 3.05) is 4.72 Å². The van der Waals surface area contributed by atoms with Crippen molar-refractivity contribution >= 4 is 33.3 Å². The first-order valence-electron chi connectivity index (χ1n) is 9.29. The average molecular weight is 440 g/mol. The Hall–Kier alpha value is -2.91. The predicted molar refractivity (Wildman–Crippen MR) is 118 cm³/mol. The van der Waals surface area contributed by atoms with E-state index >= 15 is 0 Å². The fraction of sp³-hybridized carbons (Fsp3) is 0.190. The summed E-state index contributed by atoms with van der Waals surface area (Å²) in [4.78, 5) is 9.84. The number of hydrogen-bond acceptors (Lipinski definition) is 6. The normalized spacial score (nSPS) is 11.7. The van der Waals surface area contributed by atoms with Gasteiger partial charge in [0.2, 0.25) is 0 Å². The Morgan fingerprint density at radius 2 is 1.73 bits per heavy atom. The van der Waals surface area contributed by atoms with Gasteiger partial charge in [-0.3, -0.25) is 4.72 Å². The first-order valence-corrected chi connectivity index (χ1v) is 11.6. The van der Waals surface area contributed by atoms with Crippen molar-refractivity contribution in [1.82, 2.24) is 19.6 Å². The van der Waals surface area contributed by atoms with Crippen LogP contribution < -0.4 is 4.72 Å². The van der Waals surface area contributed by atoms with Gasteiger partial charge in [0.1, 0.15) is 11.4 Å². The molecule has 0 unspecified atom stereocenters. The van der Waals surface area contributed by atoms with Crippen LogP contribution in [0, 0.1) is 27.7 Å². The molecule has 7 nitrogen and oxygen atoms in total. The molecule has 0 aliphatic rings. The second kappa shape index (κ2) is 7.73. The molecular formula is C21H21N5O2S2. The van der Waals surface area contributed by atoms with Gasteiger partial charge in [-0.05, 0) is 63.6 Å². The van der Waals surface area contributed by atoms with Gasteiger partial charge in [0.15, 0.2) is 0 Å². The minimum absolute atomic E-state index is 0.281. The Kier molecular flexibility index (Phi) is 5.25. The van der Waals surface area contributed by atoms with Crippen LogP contribution in [0.3, 0.4) is 0 Å². The molecule has 4 rings (SSSR count). The molecule has 2 aromatic carbocycles. The predicted octanol–water partition coefficient (Wildman–Crippen LogP) is 4.31. The highest BCUT2D eigenvalue weighted by molar-refractivity contribution is 7.99. The summed E-state index contributed by atoms with van der Waals surface area (Å²) in [5.41, 5.74) is 4.17. The van der Waals surface area contributed by atoms with E-state index < -0.39 is 10.0 Å². The molecule has 0 aliphatic carbocycles. The van der Waals surface area contributed by atoms with E-state index in [0.717, 1.165) is 32.3 Å². The minimum Gasteiger partial charge on any atom is -0.280 e. The summed E-state index contributed by atoms with van der Waals surface area (Å²) in [5, 5.41) is 5.19. The molecule has 0 spiro atoms. The third-order valence-corrected chi connectivity index (χ3v) is 7.52. The first kappa shape index (κ1) is 20.4. The fourth-order valence-electron chi connectivity index (χ4n) is 3.14. The molecule has 0 bridgehead atoms. The van der Waals surface area contributed by atoms with Crippen LogP contribution in [0.1, 0.15) is 22.4 Å². The molecule has 0 amide bonds. The van der Waals surface area contributed by atoms with Gasteiger partial charge < -0.3 is 0 Å². The van der Waals surface area contributed by atoms with Gasteiger partial charge in [0.25, 0.3) is 15.8 Å². The van der Waals surface area contributed by atoms with Crippen LogP contribution in [-0.4, -0.2) is 28.0 Å². The lowest BCUT2D eigenvalue weighted by Crippen LogP contribution is -2.14. The molecule has 2 aromatic heterocycles. The van der Waals surface area contributed by atoms with Crippen molar-refractivity contribution in [3.63, 3.8) is 0 Å². The highest BCUT2D eigenvalue weighted by Gasteiger charge is 2.17. The lowest BCUT2D eigenvalue weighted by molar-refractivity contribution is 0.600. The van der Waals surface area contributed by atoms with Gasteiger partial charge in [-0.2, -0.15) is 14.6 Å². The molecule has 0 saturated carbocycles. The van der Waals surface area contributed by atoms with Crippen molar-refractivity contribution in [1.29, 1.82) is 0 Å². The fourth-order valence-corrected chi connectivity index (χ4v) is 5.43. The summed E-state index contributed by atoms with van der Waals surface area (Å²) in [6.45, 7) is 7.68. The summed E-state index contributed by atoms with van der Waals surface area (Å²) < 4.78 is 29.9. The van der Waals surface area contributed by atoms with Crippen LogP contribution in [0.5, 0.6) is 0 Å². The van der Waals surface area contributed by atoms with Gasteiger partial charge in [0, 0.05) is 21.8 Å². The average Bonchev–Trinajstić information content (AvgIpc) is 3.14. The van der Waals surface area contributed by atoms with Crippen LogP contribution in [-0.2, 0) is 10.0 Å². The molecule has 0 fully saturated rings. The monoisotopic (exact) mass is 439 g/mol. The van der Waals surface area contributed by atoms with Crippen LogP contribution in [0.4, 0.5) is 5.69 Å². The van der Waals surface area contributed by atoms with Gasteiger partial charge in [-0.15, -0.1) is 0 Å². The number of anilines is 1. The number of benzene rings is 2. The van der Waals surface area contributed by atoms with E-state index in [9.17, 15) is 8.42 Å². The summed E-state index contributed by atoms with van der Waals surface area (Å²) >= 11 is 1.53. The molecule has 4 aromatic rings. The van der Waals surface area contributed by atoms with Crippen molar-refractivity contribution < 1.29 is 8.42 Å². The Balaban J connectivity index is 1.58. The molecule has 9 heteroatoms. The number of fused-ring (bicyclic) bond motifs is 1. The molecule has 0 radical (unpaired) electrons. The number of nitrogens with one attached hydrogen (secondary N) is 1. The smallest absolute Gasteiger partial charge is 0.262 e. The maximum Gasteiger partial charge on any atom is 0.262 e. The number of aromatic nitrogens is 4. The summed E-state index contributed by atoms with van der Waals surface area (Å²) in [5.74, 6) is 0.554. The third-order valence-electron chi connectivity index (χ3n) is 4.79. The van der Waals surface area contributed by atoms with Gasteiger partial charge in [-0.25, -0.2) is 13.4 Å². The zero-order valence-corrected chi connectivity index (χ0v) is 18.7. The molecule has 0 aliphatic heterocycles.